The molecule has 1 atom stereocenters. The van der Waals surface area contributed by atoms with E-state index in [0.29, 0.717) is 18.6 Å². The number of ether oxygens (including phenoxy) is 1. The molecule has 1 heterocycles. The van der Waals surface area contributed by atoms with Gasteiger partial charge in [-0.25, -0.2) is 0 Å². The van der Waals surface area contributed by atoms with Crippen molar-refractivity contribution in [1.82, 2.24) is 4.90 Å². The molecule has 0 saturated carbocycles. The number of imide groups is 1. The predicted octanol–water partition coefficient (Wildman–Crippen LogP) is 2.53. The van der Waals surface area contributed by atoms with E-state index in [9.17, 15) is 18.0 Å². The molecule has 1 saturated heterocycles. The van der Waals surface area contributed by atoms with Gasteiger partial charge in [0, 0.05) is 6.04 Å². The maximum absolute atomic E-state index is 12.4. The second-order valence-electron chi connectivity index (χ2n) is 6.41. The summed E-state index contributed by atoms with van der Waals surface area (Å²) in [6, 6.07) is 5.30. The molecule has 7 nitrogen and oxygen atoms in total. The highest BCUT2D eigenvalue weighted by molar-refractivity contribution is 8.15. The maximum Gasteiger partial charge on any atom is 0.289 e. The van der Waals surface area contributed by atoms with Gasteiger partial charge in [0.25, 0.3) is 15.4 Å². The van der Waals surface area contributed by atoms with Crippen molar-refractivity contribution in [1.29, 1.82) is 0 Å². The highest BCUT2D eigenvalue weighted by Crippen LogP contribution is 2.32. The summed E-state index contributed by atoms with van der Waals surface area (Å²) in [6.45, 7) is 3.61. The molecule has 1 fully saturated rings. The molecule has 0 aromatic heterocycles. The fraction of sp³-hybridized carbons (Fsp3) is 0.529. The maximum atomic E-state index is 12.4. The average Bonchev–Trinajstić information content (AvgIpc) is 2.80. The molecule has 0 spiro atoms. The third kappa shape index (κ3) is 5.21. The molecule has 144 valence electrons. The summed E-state index contributed by atoms with van der Waals surface area (Å²) in [7, 11) is -2.48. The van der Waals surface area contributed by atoms with Crippen molar-refractivity contribution in [2.75, 3.05) is 12.9 Å². The highest BCUT2D eigenvalue weighted by Gasteiger charge is 2.40. The van der Waals surface area contributed by atoms with Gasteiger partial charge in [-0.05, 0) is 50.3 Å². The largest absolute Gasteiger partial charge is 0.496 e. The van der Waals surface area contributed by atoms with E-state index < -0.39 is 15.4 Å². The summed E-state index contributed by atoms with van der Waals surface area (Å²) in [4.78, 5) is 25.7. The Morgan fingerprint density at radius 2 is 2.00 bits per heavy atom. The number of hydrogen-bond acceptors (Lipinski definition) is 6. The number of nitrogens with zero attached hydrogens (tertiary/aromatic N) is 1. The van der Waals surface area contributed by atoms with Gasteiger partial charge in [0.15, 0.2) is 0 Å². The Kier molecular flexibility index (Phi) is 6.70. The van der Waals surface area contributed by atoms with E-state index in [1.807, 2.05) is 12.1 Å². The lowest BCUT2D eigenvalue weighted by Gasteiger charge is -2.18. The fourth-order valence-electron chi connectivity index (χ4n) is 2.88. The average molecular weight is 402 g/mol. The van der Waals surface area contributed by atoms with Crippen LogP contribution in [0.5, 0.6) is 5.75 Å². The van der Waals surface area contributed by atoms with E-state index in [0.717, 1.165) is 22.9 Å². The van der Waals surface area contributed by atoms with E-state index >= 15 is 0 Å². The van der Waals surface area contributed by atoms with Gasteiger partial charge in [-0.1, -0.05) is 23.9 Å². The molecule has 0 aliphatic carbocycles. The second kappa shape index (κ2) is 8.41. The molecule has 1 aromatic carbocycles. The van der Waals surface area contributed by atoms with Gasteiger partial charge in [-0.2, -0.15) is 8.42 Å². The number of amides is 2. The topological polar surface area (TPSA) is 101 Å². The summed E-state index contributed by atoms with van der Waals surface area (Å²) in [6.07, 6.45) is 1.09. The first-order valence-electron chi connectivity index (χ1n) is 8.27. The van der Waals surface area contributed by atoms with Crippen LogP contribution in [-0.4, -0.2) is 53.2 Å². The lowest BCUT2D eigenvalue weighted by Crippen LogP contribution is -2.37. The molecule has 9 heteroatoms. The summed E-state index contributed by atoms with van der Waals surface area (Å²) < 4.78 is 35.9. The van der Waals surface area contributed by atoms with E-state index in [1.165, 1.54) is 12.0 Å². The smallest absolute Gasteiger partial charge is 0.289 e. The first-order chi connectivity index (χ1) is 12.1. The van der Waals surface area contributed by atoms with Crippen molar-refractivity contribution in [3.8, 4) is 5.75 Å². The number of benzene rings is 1. The number of rotatable bonds is 8. The normalized spacial score (nSPS) is 18.0. The molecule has 2 amide bonds. The lowest BCUT2D eigenvalue weighted by atomic mass is 10.0. The first kappa shape index (κ1) is 20.7. The Morgan fingerprint density at radius 1 is 1.31 bits per heavy atom. The Balaban J connectivity index is 2.12. The van der Waals surface area contributed by atoms with Crippen LogP contribution < -0.4 is 4.74 Å². The third-order valence-corrected chi connectivity index (χ3v) is 5.94. The molecule has 0 bridgehead atoms. The van der Waals surface area contributed by atoms with Crippen LogP contribution in [0.1, 0.15) is 31.4 Å². The summed E-state index contributed by atoms with van der Waals surface area (Å²) in [5.41, 5.74) is 1.67. The number of aryl methyl sites for hydroxylation is 1. The van der Waals surface area contributed by atoms with Crippen LogP contribution in [0.3, 0.4) is 0 Å². The van der Waals surface area contributed by atoms with E-state index in [2.05, 4.69) is 0 Å². The first-order valence-corrected chi connectivity index (χ1v) is 10.8. The quantitative estimate of drug-likeness (QED) is 0.668. The molecule has 1 unspecified atom stereocenters. The van der Waals surface area contributed by atoms with Gasteiger partial charge in [0.05, 0.1) is 18.1 Å². The molecular formula is C17H23NO6S2. The molecule has 0 radical (unpaired) electrons. The molecule has 1 aliphatic heterocycles. The van der Waals surface area contributed by atoms with E-state index in [1.54, 1.807) is 19.9 Å². The standard InChI is InChI=1S/C17H23NO6S2/c1-11(2)18-16(19)15(25-17(18)20)10-12-6-7-14(24-3)13(9-12)5-4-8-26(21,22)23/h6-7,9,11,15H,4-5,8,10H2,1-3H3,(H,21,22,23). The van der Waals surface area contributed by atoms with Crippen molar-refractivity contribution >= 4 is 33.0 Å². The van der Waals surface area contributed by atoms with Crippen molar-refractivity contribution in [2.24, 2.45) is 0 Å². The predicted molar refractivity (Wildman–Crippen MR) is 100 cm³/mol. The van der Waals surface area contributed by atoms with E-state index in [4.69, 9.17) is 9.29 Å². The van der Waals surface area contributed by atoms with Gasteiger partial charge in [-0.3, -0.25) is 19.0 Å². The van der Waals surface area contributed by atoms with Crippen molar-refractivity contribution in [3.05, 3.63) is 29.3 Å². The minimum Gasteiger partial charge on any atom is -0.496 e. The number of carbonyl (C=O) groups excluding carboxylic acids is 2. The SMILES string of the molecule is COc1ccc(CC2SC(=O)N(C(C)C)C2=O)cc1CCCS(=O)(=O)O. The van der Waals surface area contributed by atoms with Crippen molar-refractivity contribution < 1.29 is 27.3 Å². The Hall–Kier alpha value is -1.58. The van der Waals surface area contributed by atoms with Crippen LogP contribution in [0, 0.1) is 0 Å². The van der Waals surface area contributed by atoms with Crippen LogP contribution >= 0.6 is 11.8 Å². The summed E-state index contributed by atoms with van der Waals surface area (Å²) >= 11 is 1.04. The van der Waals surface area contributed by atoms with Gasteiger partial charge < -0.3 is 4.74 Å². The summed E-state index contributed by atoms with van der Waals surface area (Å²) in [5, 5.41) is -0.680. The monoisotopic (exact) mass is 401 g/mol. The molecule has 26 heavy (non-hydrogen) atoms. The van der Waals surface area contributed by atoms with Crippen LogP contribution in [0.25, 0.3) is 0 Å². The third-order valence-electron chi connectivity index (χ3n) is 4.08. The Labute approximate surface area is 157 Å². The van der Waals surface area contributed by atoms with Crippen LogP contribution in [-0.2, 0) is 27.8 Å². The zero-order chi connectivity index (χ0) is 19.5. The van der Waals surface area contributed by atoms with Gasteiger partial charge in [0.2, 0.25) is 5.91 Å². The Morgan fingerprint density at radius 3 is 2.54 bits per heavy atom. The molecule has 1 N–H and O–H groups in total. The highest BCUT2D eigenvalue weighted by atomic mass is 32.2. The molecule has 1 aromatic rings. The second-order valence-corrected chi connectivity index (χ2v) is 9.14. The summed E-state index contributed by atoms with van der Waals surface area (Å²) in [5.74, 6) is 0.114. The lowest BCUT2D eigenvalue weighted by molar-refractivity contribution is -0.127. The number of hydrogen-bond donors (Lipinski definition) is 1. The van der Waals surface area contributed by atoms with Gasteiger partial charge in [0.1, 0.15) is 5.75 Å². The van der Waals surface area contributed by atoms with Crippen molar-refractivity contribution in [3.63, 3.8) is 0 Å². The van der Waals surface area contributed by atoms with Crippen molar-refractivity contribution in [2.45, 2.75) is 44.4 Å². The minimum absolute atomic E-state index is 0.167. The number of thioether (sulfide) groups is 1. The number of methoxy groups -OCH3 is 1. The molecular weight excluding hydrogens is 378 g/mol. The van der Waals surface area contributed by atoms with Crippen LogP contribution in [0.4, 0.5) is 4.79 Å². The molecule has 1 aliphatic rings. The van der Waals surface area contributed by atoms with Gasteiger partial charge in [-0.15, -0.1) is 0 Å². The van der Waals surface area contributed by atoms with Crippen LogP contribution in [0.2, 0.25) is 0 Å². The molecule has 2 rings (SSSR count). The number of carbonyl (C=O) groups is 2. The van der Waals surface area contributed by atoms with Gasteiger partial charge >= 0.3 is 0 Å². The van der Waals surface area contributed by atoms with Crippen LogP contribution in [0.15, 0.2) is 18.2 Å². The fourth-order valence-corrected chi connectivity index (χ4v) is 4.54. The van der Waals surface area contributed by atoms with E-state index in [-0.39, 0.29) is 29.4 Å². The zero-order valence-electron chi connectivity index (χ0n) is 15.0. The minimum atomic E-state index is -4.00. The zero-order valence-corrected chi connectivity index (χ0v) is 16.6. The Bertz CT molecular complexity index is 790.